The van der Waals surface area contributed by atoms with E-state index in [4.69, 9.17) is 0 Å². The molecule has 2 fully saturated rings. The average Bonchev–Trinajstić information content (AvgIpc) is 3.31. The number of alkyl halides is 6. The third-order valence-corrected chi connectivity index (χ3v) is 4.57. The van der Waals surface area contributed by atoms with Crippen molar-refractivity contribution >= 4 is 24.8 Å². The van der Waals surface area contributed by atoms with Gasteiger partial charge >= 0.3 is 12.4 Å². The van der Waals surface area contributed by atoms with Crippen LogP contribution in [0.25, 0.3) is 0 Å². The van der Waals surface area contributed by atoms with E-state index in [1.807, 2.05) is 4.90 Å². The van der Waals surface area contributed by atoms with Gasteiger partial charge in [0, 0.05) is 32.2 Å². The molecule has 1 aliphatic heterocycles. The summed E-state index contributed by atoms with van der Waals surface area (Å²) in [5.74, 6) is 0.132. The lowest BCUT2D eigenvalue weighted by Crippen LogP contribution is -2.45. The third-order valence-electron chi connectivity index (χ3n) is 4.57. The van der Waals surface area contributed by atoms with E-state index < -0.39 is 23.5 Å². The fourth-order valence-electron chi connectivity index (χ4n) is 3.30. The van der Waals surface area contributed by atoms with Crippen molar-refractivity contribution in [1.82, 2.24) is 10.2 Å². The van der Waals surface area contributed by atoms with Gasteiger partial charge in [0.1, 0.15) is 0 Å². The van der Waals surface area contributed by atoms with Gasteiger partial charge < -0.3 is 5.32 Å². The van der Waals surface area contributed by atoms with Crippen molar-refractivity contribution < 1.29 is 26.3 Å². The van der Waals surface area contributed by atoms with Gasteiger partial charge in [0.25, 0.3) is 0 Å². The smallest absolute Gasteiger partial charge is 0.314 e. The summed E-state index contributed by atoms with van der Waals surface area (Å²) in [6.45, 7) is 2.63. The summed E-state index contributed by atoms with van der Waals surface area (Å²) in [4.78, 5) is 2.00. The number of nitrogens with zero attached hydrogens (tertiary/aromatic N) is 1. The Morgan fingerprint density at radius 2 is 1.31 bits per heavy atom. The van der Waals surface area contributed by atoms with Gasteiger partial charge in [0.2, 0.25) is 0 Å². The molecule has 26 heavy (non-hydrogen) atoms. The molecule has 0 spiro atoms. The molecular formula is C16H20Cl2F6N2. The summed E-state index contributed by atoms with van der Waals surface area (Å²) in [6, 6.07) is 1.60. The summed E-state index contributed by atoms with van der Waals surface area (Å²) in [6.07, 6.45) is -7.92. The number of hydrogen-bond acceptors (Lipinski definition) is 2. The molecule has 1 saturated carbocycles. The summed E-state index contributed by atoms with van der Waals surface area (Å²) >= 11 is 0. The van der Waals surface area contributed by atoms with Gasteiger partial charge in [-0.25, -0.2) is 0 Å². The molecule has 0 radical (unpaired) electrons. The first-order valence-corrected chi connectivity index (χ1v) is 7.90. The molecule has 10 heteroatoms. The van der Waals surface area contributed by atoms with Crippen LogP contribution in [-0.4, -0.2) is 31.1 Å². The molecule has 1 atom stereocenters. The standard InChI is InChI=1S/C16H18F6N2.2ClH/c17-15(18,19)12-7-11(8-13(9-12)16(20,21)22)14(10-1-2-10)24-5-3-23-4-6-24;;/h7-10,14,23H,1-6H2;2*1H/t14-;;/m1../s1. The second-order valence-corrected chi connectivity index (χ2v) is 6.41. The molecule has 1 heterocycles. The minimum Gasteiger partial charge on any atom is -0.314 e. The van der Waals surface area contributed by atoms with Crippen LogP contribution in [0, 0.1) is 5.92 Å². The topological polar surface area (TPSA) is 15.3 Å². The summed E-state index contributed by atoms with van der Waals surface area (Å²) < 4.78 is 78.4. The van der Waals surface area contributed by atoms with Crippen LogP contribution in [0.15, 0.2) is 18.2 Å². The Bertz CT molecular complexity index is 563. The van der Waals surface area contributed by atoms with Crippen LogP contribution in [0.1, 0.15) is 35.6 Å². The highest BCUT2D eigenvalue weighted by molar-refractivity contribution is 5.85. The molecule has 1 aromatic carbocycles. The Hall–Kier alpha value is -0.700. The molecule has 150 valence electrons. The highest BCUT2D eigenvalue weighted by Gasteiger charge is 2.41. The van der Waals surface area contributed by atoms with Crippen LogP contribution < -0.4 is 5.32 Å². The molecule has 2 aliphatic rings. The zero-order valence-corrected chi connectivity index (χ0v) is 15.3. The second kappa shape index (κ2) is 8.54. The van der Waals surface area contributed by atoms with Gasteiger partial charge in [0.05, 0.1) is 11.1 Å². The van der Waals surface area contributed by atoms with E-state index in [9.17, 15) is 26.3 Å². The molecule has 0 aromatic heterocycles. The maximum atomic E-state index is 13.1. The number of nitrogens with one attached hydrogen (secondary N) is 1. The van der Waals surface area contributed by atoms with Crippen molar-refractivity contribution in [2.24, 2.45) is 5.92 Å². The predicted octanol–water partition coefficient (Wildman–Crippen LogP) is 4.92. The van der Waals surface area contributed by atoms with Crippen LogP contribution in [0.4, 0.5) is 26.3 Å². The van der Waals surface area contributed by atoms with E-state index in [1.54, 1.807) is 0 Å². The fourth-order valence-corrected chi connectivity index (χ4v) is 3.30. The van der Waals surface area contributed by atoms with Gasteiger partial charge in [-0.05, 0) is 42.5 Å². The minimum absolute atomic E-state index is 0. The number of rotatable bonds is 3. The zero-order chi connectivity index (χ0) is 17.5. The summed E-state index contributed by atoms with van der Waals surface area (Å²) in [5.41, 5.74) is -2.33. The van der Waals surface area contributed by atoms with Gasteiger partial charge in [-0.3, -0.25) is 4.90 Å². The highest BCUT2D eigenvalue weighted by Crippen LogP contribution is 2.47. The van der Waals surface area contributed by atoms with Gasteiger partial charge in [-0.15, -0.1) is 24.8 Å². The van der Waals surface area contributed by atoms with E-state index in [0.717, 1.165) is 25.0 Å². The van der Waals surface area contributed by atoms with Crippen molar-refractivity contribution in [3.63, 3.8) is 0 Å². The van der Waals surface area contributed by atoms with Crippen molar-refractivity contribution in [2.75, 3.05) is 26.2 Å². The predicted molar refractivity (Wildman–Crippen MR) is 90.8 cm³/mol. The largest absolute Gasteiger partial charge is 0.416 e. The quantitative estimate of drug-likeness (QED) is 0.692. The molecule has 0 unspecified atom stereocenters. The van der Waals surface area contributed by atoms with E-state index in [-0.39, 0.29) is 48.4 Å². The fraction of sp³-hybridized carbons (Fsp3) is 0.625. The lowest BCUT2D eigenvalue weighted by Gasteiger charge is -2.36. The lowest BCUT2D eigenvalue weighted by atomic mass is 9.95. The molecule has 3 rings (SSSR count). The molecule has 1 saturated heterocycles. The van der Waals surface area contributed by atoms with Crippen LogP contribution in [0.2, 0.25) is 0 Å². The first-order chi connectivity index (χ1) is 11.2. The van der Waals surface area contributed by atoms with Gasteiger partial charge in [-0.2, -0.15) is 26.3 Å². The van der Waals surface area contributed by atoms with E-state index in [1.165, 1.54) is 0 Å². The summed E-state index contributed by atoms with van der Waals surface area (Å²) in [7, 11) is 0. The number of piperazine rings is 1. The third kappa shape index (κ3) is 5.41. The average molecular weight is 425 g/mol. The minimum atomic E-state index is -4.80. The highest BCUT2D eigenvalue weighted by atomic mass is 35.5. The van der Waals surface area contributed by atoms with Crippen molar-refractivity contribution in [3.05, 3.63) is 34.9 Å². The van der Waals surface area contributed by atoms with Crippen LogP contribution in [-0.2, 0) is 12.4 Å². The maximum absolute atomic E-state index is 13.1. The summed E-state index contributed by atoms with van der Waals surface area (Å²) in [5, 5.41) is 3.15. The molecule has 0 bridgehead atoms. The normalized spacial score (nSPS) is 20.1. The molecule has 1 aromatic rings. The Kier molecular flexibility index (Phi) is 7.67. The molecule has 1 N–H and O–H groups in total. The maximum Gasteiger partial charge on any atom is 0.416 e. The second-order valence-electron chi connectivity index (χ2n) is 6.41. The van der Waals surface area contributed by atoms with E-state index in [0.29, 0.717) is 26.2 Å². The molecule has 0 amide bonds. The van der Waals surface area contributed by atoms with Crippen molar-refractivity contribution in [3.8, 4) is 0 Å². The molecule has 2 nitrogen and oxygen atoms in total. The number of hydrogen-bond donors (Lipinski definition) is 1. The van der Waals surface area contributed by atoms with Gasteiger partial charge in [-0.1, -0.05) is 0 Å². The monoisotopic (exact) mass is 424 g/mol. The van der Waals surface area contributed by atoms with Crippen molar-refractivity contribution in [2.45, 2.75) is 31.2 Å². The Morgan fingerprint density at radius 3 is 1.69 bits per heavy atom. The van der Waals surface area contributed by atoms with Crippen molar-refractivity contribution in [1.29, 1.82) is 0 Å². The Labute approximate surface area is 160 Å². The first-order valence-electron chi connectivity index (χ1n) is 7.90. The Balaban J connectivity index is 0.00000169. The number of halogens is 8. The van der Waals surface area contributed by atoms with Crippen LogP contribution in [0.3, 0.4) is 0 Å². The molecule has 1 aliphatic carbocycles. The zero-order valence-electron chi connectivity index (χ0n) is 13.7. The van der Waals surface area contributed by atoms with Crippen LogP contribution in [0.5, 0.6) is 0 Å². The SMILES string of the molecule is Cl.Cl.FC(F)(F)c1cc([C@@H](C2CC2)N2CCNCC2)cc(C(F)(F)F)c1. The number of benzene rings is 1. The van der Waals surface area contributed by atoms with Gasteiger partial charge in [0.15, 0.2) is 0 Å². The Morgan fingerprint density at radius 1 is 0.846 bits per heavy atom. The van der Waals surface area contributed by atoms with Crippen LogP contribution >= 0.6 is 24.8 Å². The lowest BCUT2D eigenvalue weighted by molar-refractivity contribution is -0.143. The first kappa shape index (κ1) is 23.3. The van der Waals surface area contributed by atoms with E-state index in [2.05, 4.69) is 5.32 Å². The van der Waals surface area contributed by atoms with E-state index >= 15 is 0 Å². The molecular weight excluding hydrogens is 405 g/mol.